The molecule has 1 nitrogen and oxygen atoms in total. The van der Waals surface area contributed by atoms with Gasteiger partial charge in [0.1, 0.15) is 0 Å². The average Bonchev–Trinajstić information content (AvgIpc) is 2.72. The fraction of sp³-hybridized carbons (Fsp3) is 0.176. The zero-order valence-corrected chi connectivity index (χ0v) is 10.9. The van der Waals surface area contributed by atoms with Crippen LogP contribution in [0.5, 0.6) is 0 Å². The summed E-state index contributed by atoms with van der Waals surface area (Å²) >= 11 is 0. The van der Waals surface area contributed by atoms with E-state index in [-0.39, 0.29) is 0 Å². The van der Waals surface area contributed by atoms with Crippen LogP contribution in [0.15, 0.2) is 49.0 Å². The molecule has 1 aromatic heterocycles. The van der Waals surface area contributed by atoms with E-state index in [1.807, 2.05) is 6.20 Å². The van der Waals surface area contributed by atoms with Gasteiger partial charge in [-0.2, -0.15) is 0 Å². The Kier molecular flexibility index (Phi) is 2.48. The van der Waals surface area contributed by atoms with E-state index in [4.69, 9.17) is 0 Å². The Morgan fingerprint density at radius 1 is 1.00 bits per heavy atom. The molecule has 0 aliphatic carbocycles. The monoisotopic (exact) mass is 235 g/mol. The van der Waals surface area contributed by atoms with Crippen molar-refractivity contribution in [2.24, 2.45) is 0 Å². The third kappa shape index (κ3) is 1.40. The Morgan fingerprint density at radius 2 is 1.72 bits per heavy atom. The molecule has 90 valence electrons. The maximum absolute atomic E-state index is 3.97. The summed E-state index contributed by atoms with van der Waals surface area (Å²) in [6.07, 6.45) is 1.91. The molecule has 0 spiro atoms. The lowest BCUT2D eigenvalue weighted by molar-refractivity contribution is 0.871. The molecule has 0 bridgehead atoms. The normalized spacial score (nSPS) is 11.5. The summed E-state index contributed by atoms with van der Waals surface area (Å²) in [5.74, 6) is 0.511. The fourth-order valence-electron chi connectivity index (χ4n) is 2.74. The van der Waals surface area contributed by atoms with Gasteiger partial charge in [-0.15, -0.1) is 0 Å². The van der Waals surface area contributed by atoms with Crippen molar-refractivity contribution in [3.8, 4) is 0 Å². The lowest BCUT2D eigenvalue weighted by atomic mass is 10.00. The van der Waals surface area contributed by atoms with Crippen molar-refractivity contribution in [3.63, 3.8) is 0 Å². The number of para-hydroxylation sites is 2. The van der Waals surface area contributed by atoms with Crippen LogP contribution < -0.4 is 0 Å². The summed E-state index contributed by atoms with van der Waals surface area (Å²) in [7, 11) is 0. The van der Waals surface area contributed by atoms with Crippen LogP contribution in [0.3, 0.4) is 0 Å². The van der Waals surface area contributed by atoms with Gasteiger partial charge < -0.3 is 4.57 Å². The van der Waals surface area contributed by atoms with Crippen LogP contribution in [0.1, 0.15) is 25.3 Å². The zero-order valence-electron chi connectivity index (χ0n) is 10.9. The SMILES string of the molecule is C=Cn1c2ccccc2c2cccc(C(C)C)c21. The van der Waals surface area contributed by atoms with Gasteiger partial charge in [0.25, 0.3) is 0 Å². The van der Waals surface area contributed by atoms with Gasteiger partial charge in [-0.05, 0) is 17.5 Å². The molecular formula is C17H17N. The van der Waals surface area contributed by atoms with Crippen LogP contribution in [0.25, 0.3) is 28.0 Å². The topological polar surface area (TPSA) is 4.93 Å². The molecule has 0 saturated heterocycles. The number of hydrogen-bond acceptors (Lipinski definition) is 0. The lowest BCUT2D eigenvalue weighted by Crippen LogP contribution is -1.93. The second kappa shape index (κ2) is 4.02. The Labute approximate surface area is 107 Å². The second-order valence-corrected chi connectivity index (χ2v) is 4.97. The van der Waals surface area contributed by atoms with E-state index in [1.165, 1.54) is 27.4 Å². The Hall–Kier alpha value is -2.02. The molecule has 0 unspecified atom stereocenters. The smallest absolute Gasteiger partial charge is 0.0569 e. The van der Waals surface area contributed by atoms with Crippen molar-refractivity contribution >= 4 is 28.0 Å². The summed E-state index contributed by atoms with van der Waals surface area (Å²) < 4.78 is 2.21. The van der Waals surface area contributed by atoms with Crippen LogP contribution in [0.2, 0.25) is 0 Å². The van der Waals surface area contributed by atoms with Gasteiger partial charge in [-0.25, -0.2) is 0 Å². The average molecular weight is 235 g/mol. The van der Waals surface area contributed by atoms with Gasteiger partial charge >= 0.3 is 0 Å². The van der Waals surface area contributed by atoms with Crippen LogP contribution in [-0.2, 0) is 0 Å². The Balaban J connectivity index is 2.60. The highest BCUT2D eigenvalue weighted by atomic mass is 15.0. The van der Waals surface area contributed by atoms with Crippen molar-refractivity contribution < 1.29 is 0 Å². The van der Waals surface area contributed by atoms with Gasteiger partial charge in [0, 0.05) is 17.0 Å². The summed E-state index contributed by atoms with van der Waals surface area (Å²) in [6.45, 7) is 8.44. The molecule has 3 rings (SSSR count). The number of hydrogen-bond donors (Lipinski definition) is 0. The highest BCUT2D eigenvalue weighted by Crippen LogP contribution is 2.33. The maximum Gasteiger partial charge on any atom is 0.0569 e. The predicted octanol–water partition coefficient (Wildman–Crippen LogP) is 5.02. The molecule has 0 aliphatic rings. The van der Waals surface area contributed by atoms with Gasteiger partial charge in [-0.3, -0.25) is 0 Å². The number of aromatic nitrogens is 1. The zero-order chi connectivity index (χ0) is 12.7. The van der Waals surface area contributed by atoms with Gasteiger partial charge in [0.05, 0.1) is 11.0 Å². The highest BCUT2D eigenvalue weighted by Gasteiger charge is 2.13. The summed E-state index contributed by atoms with van der Waals surface area (Å²) in [5.41, 5.74) is 3.91. The first-order valence-electron chi connectivity index (χ1n) is 6.38. The molecule has 1 heterocycles. The third-order valence-corrected chi connectivity index (χ3v) is 3.57. The van der Waals surface area contributed by atoms with Gasteiger partial charge in [0.2, 0.25) is 0 Å². The molecule has 0 aliphatic heterocycles. The molecule has 0 fully saturated rings. The summed E-state index contributed by atoms with van der Waals surface area (Å²) in [6, 6.07) is 15.1. The van der Waals surface area contributed by atoms with Crippen molar-refractivity contribution in [3.05, 3.63) is 54.6 Å². The van der Waals surface area contributed by atoms with Crippen molar-refractivity contribution in [1.82, 2.24) is 4.57 Å². The molecule has 0 radical (unpaired) electrons. The van der Waals surface area contributed by atoms with E-state index in [9.17, 15) is 0 Å². The molecule has 18 heavy (non-hydrogen) atoms. The number of rotatable bonds is 2. The van der Waals surface area contributed by atoms with E-state index in [2.05, 4.69) is 67.5 Å². The Morgan fingerprint density at radius 3 is 2.44 bits per heavy atom. The third-order valence-electron chi connectivity index (χ3n) is 3.57. The lowest BCUT2D eigenvalue weighted by Gasteiger charge is -2.09. The maximum atomic E-state index is 3.97. The molecule has 1 heteroatoms. The first-order valence-corrected chi connectivity index (χ1v) is 6.38. The largest absolute Gasteiger partial charge is 0.316 e. The van der Waals surface area contributed by atoms with Gasteiger partial charge in [-0.1, -0.05) is 56.8 Å². The first kappa shape index (κ1) is 11.1. The number of nitrogens with zero attached hydrogens (tertiary/aromatic N) is 1. The van der Waals surface area contributed by atoms with Crippen molar-refractivity contribution in [2.75, 3.05) is 0 Å². The highest BCUT2D eigenvalue weighted by molar-refractivity contribution is 6.10. The van der Waals surface area contributed by atoms with Crippen LogP contribution >= 0.6 is 0 Å². The van der Waals surface area contributed by atoms with E-state index in [0.717, 1.165) is 0 Å². The van der Waals surface area contributed by atoms with Gasteiger partial charge in [0.15, 0.2) is 0 Å². The minimum Gasteiger partial charge on any atom is -0.316 e. The van der Waals surface area contributed by atoms with E-state index in [1.54, 1.807) is 0 Å². The number of fused-ring (bicyclic) bond motifs is 3. The molecular weight excluding hydrogens is 218 g/mol. The van der Waals surface area contributed by atoms with Crippen LogP contribution in [-0.4, -0.2) is 4.57 Å². The van der Waals surface area contributed by atoms with Crippen molar-refractivity contribution in [1.29, 1.82) is 0 Å². The summed E-state index contributed by atoms with van der Waals surface area (Å²) in [5, 5.41) is 2.62. The quantitative estimate of drug-likeness (QED) is 0.588. The second-order valence-electron chi connectivity index (χ2n) is 4.97. The minimum absolute atomic E-state index is 0.511. The van der Waals surface area contributed by atoms with Crippen molar-refractivity contribution in [2.45, 2.75) is 19.8 Å². The minimum atomic E-state index is 0.511. The molecule has 0 atom stereocenters. The Bertz CT molecular complexity index is 732. The number of benzene rings is 2. The standard InChI is InChI=1S/C17H17N/c1-4-18-16-11-6-5-8-14(16)15-10-7-9-13(12(2)3)17(15)18/h4-12H,1H2,2-3H3. The first-order chi connectivity index (χ1) is 8.74. The van der Waals surface area contributed by atoms with Crippen LogP contribution in [0.4, 0.5) is 0 Å². The molecule has 0 saturated carbocycles. The van der Waals surface area contributed by atoms with Crippen LogP contribution in [0, 0.1) is 0 Å². The fourth-order valence-corrected chi connectivity index (χ4v) is 2.74. The molecule has 0 amide bonds. The summed E-state index contributed by atoms with van der Waals surface area (Å²) in [4.78, 5) is 0. The van der Waals surface area contributed by atoms with E-state index >= 15 is 0 Å². The van der Waals surface area contributed by atoms with E-state index in [0.29, 0.717) is 5.92 Å². The predicted molar refractivity (Wildman–Crippen MR) is 79.9 cm³/mol. The molecule has 2 aromatic carbocycles. The molecule has 3 aromatic rings. The molecule has 0 N–H and O–H groups in total. The van der Waals surface area contributed by atoms with E-state index < -0.39 is 0 Å².